The van der Waals surface area contributed by atoms with Gasteiger partial charge in [0.05, 0.1) is 11.6 Å². The number of ether oxygens (including phenoxy) is 1. The Balaban J connectivity index is 2.93. The Morgan fingerprint density at radius 1 is 1.50 bits per heavy atom. The van der Waals surface area contributed by atoms with E-state index in [1.807, 2.05) is 6.92 Å². The number of benzene rings is 1. The summed E-state index contributed by atoms with van der Waals surface area (Å²) in [5.41, 5.74) is 0.766. The van der Waals surface area contributed by atoms with E-state index < -0.39 is 0 Å². The van der Waals surface area contributed by atoms with E-state index in [4.69, 9.17) is 27.9 Å². The van der Waals surface area contributed by atoms with Crippen molar-refractivity contribution in [2.75, 3.05) is 19.5 Å². The van der Waals surface area contributed by atoms with Crippen molar-refractivity contribution >= 4 is 29.1 Å². The summed E-state index contributed by atoms with van der Waals surface area (Å²) in [6.07, 6.45) is 0. The third-order valence-electron chi connectivity index (χ3n) is 2.35. The Labute approximate surface area is 116 Å². The van der Waals surface area contributed by atoms with E-state index in [2.05, 4.69) is 0 Å². The van der Waals surface area contributed by atoms with Crippen molar-refractivity contribution in [2.45, 2.75) is 13.5 Å². The van der Waals surface area contributed by atoms with Crippen LogP contribution in [0.2, 0.25) is 5.02 Å². The number of carbonyl (C=O) groups is 1. The summed E-state index contributed by atoms with van der Waals surface area (Å²) in [4.78, 5) is 12.8. The van der Waals surface area contributed by atoms with Gasteiger partial charge >= 0.3 is 0 Å². The molecule has 0 saturated carbocycles. The van der Waals surface area contributed by atoms with Crippen LogP contribution in [0.25, 0.3) is 0 Å². The van der Waals surface area contributed by atoms with Crippen LogP contribution in [-0.4, -0.2) is 35.4 Å². The number of aromatic hydroxyl groups is 1. The molecule has 0 bridgehead atoms. The number of rotatable bonds is 5. The second-order valence-electron chi connectivity index (χ2n) is 3.74. The van der Waals surface area contributed by atoms with Gasteiger partial charge in [0, 0.05) is 13.6 Å². The van der Waals surface area contributed by atoms with Crippen LogP contribution in [0.3, 0.4) is 0 Å². The molecule has 0 aliphatic heterocycles. The Morgan fingerprint density at radius 3 is 2.72 bits per heavy atom. The van der Waals surface area contributed by atoms with Crippen LogP contribution in [-0.2, 0) is 11.3 Å². The van der Waals surface area contributed by atoms with E-state index >= 15 is 0 Å². The van der Waals surface area contributed by atoms with Crippen molar-refractivity contribution in [2.24, 2.45) is 0 Å². The lowest BCUT2D eigenvalue weighted by atomic mass is 10.2. The van der Waals surface area contributed by atoms with Gasteiger partial charge in [0.2, 0.25) is 5.91 Å². The standard InChI is InChI=1S/C12H15Cl2NO3/c1-3-18-10-5-8(4-9(14)12(10)17)7-15(2)11(16)6-13/h4-5,17H,3,6-7H2,1-2H3. The highest BCUT2D eigenvalue weighted by molar-refractivity contribution is 6.32. The van der Waals surface area contributed by atoms with Gasteiger partial charge in [-0.15, -0.1) is 11.6 Å². The number of phenolic OH excluding ortho intramolecular Hbond substituents is 1. The molecule has 0 atom stereocenters. The first kappa shape index (κ1) is 14.9. The van der Waals surface area contributed by atoms with Crippen LogP contribution in [0.4, 0.5) is 0 Å². The van der Waals surface area contributed by atoms with Gasteiger partial charge in [-0.05, 0) is 24.6 Å². The fraction of sp³-hybridized carbons (Fsp3) is 0.417. The average Bonchev–Trinajstić information content (AvgIpc) is 2.34. The molecular formula is C12H15Cl2NO3. The minimum Gasteiger partial charge on any atom is -0.503 e. The first-order valence-electron chi connectivity index (χ1n) is 5.43. The lowest BCUT2D eigenvalue weighted by Gasteiger charge is -2.17. The number of halogens is 2. The summed E-state index contributed by atoms with van der Waals surface area (Å²) in [5, 5.41) is 9.88. The molecule has 0 aliphatic rings. The molecule has 1 amide bonds. The molecule has 4 nitrogen and oxygen atoms in total. The van der Waals surface area contributed by atoms with Crippen LogP contribution >= 0.6 is 23.2 Å². The zero-order valence-corrected chi connectivity index (χ0v) is 11.8. The minimum atomic E-state index is -0.182. The van der Waals surface area contributed by atoms with Crippen LogP contribution in [0.5, 0.6) is 11.5 Å². The monoisotopic (exact) mass is 291 g/mol. The van der Waals surface area contributed by atoms with Crippen molar-refractivity contribution in [3.05, 3.63) is 22.7 Å². The zero-order valence-electron chi connectivity index (χ0n) is 10.2. The molecular weight excluding hydrogens is 277 g/mol. The first-order chi connectivity index (χ1) is 8.49. The third-order valence-corrected chi connectivity index (χ3v) is 2.86. The van der Waals surface area contributed by atoms with E-state index in [1.165, 1.54) is 4.90 Å². The van der Waals surface area contributed by atoms with E-state index in [0.717, 1.165) is 5.56 Å². The topological polar surface area (TPSA) is 49.8 Å². The summed E-state index contributed by atoms with van der Waals surface area (Å²) in [6, 6.07) is 3.25. The van der Waals surface area contributed by atoms with Gasteiger partial charge in [-0.2, -0.15) is 0 Å². The number of hydrogen-bond donors (Lipinski definition) is 1. The van der Waals surface area contributed by atoms with E-state index in [1.54, 1.807) is 19.2 Å². The zero-order chi connectivity index (χ0) is 13.7. The predicted molar refractivity (Wildman–Crippen MR) is 71.5 cm³/mol. The highest BCUT2D eigenvalue weighted by Gasteiger charge is 2.13. The summed E-state index contributed by atoms with van der Waals surface area (Å²) < 4.78 is 5.26. The molecule has 6 heteroatoms. The molecule has 0 aromatic heterocycles. The van der Waals surface area contributed by atoms with Crippen molar-refractivity contribution in [3.63, 3.8) is 0 Å². The quantitative estimate of drug-likeness (QED) is 0.849. The second kappa shape index (κ2) is 6.71. The summed E-state index contributed by atoms with van der Waals surface area (Å²) >= 11 is 11.4. The van der Waals surface area contributed by atoms with Crippen LogP contribution in [0.1, 0.15) is 12.5 Å². The number of alkyl halides is 1. The molecule has 0 unspecified atom stereocenters. The molecule has 1 aromatic rings. The Bertz CT molecular complexity index is 438. The lowest BCUT2D eigenvalue weighted by molar-refractivity contribution is -0.127. The van der Waals surface area contributed by atoms with Gasteiger partial charge in [0.1, 0.15) is 5.88 Å². The molecule has 1 aromatic carbocycles. The van der Waals surface area contributed by atoms with Crippen molar-refractivity contribution in [1.29, 1.82) is 0 Å². The van der Waals surface area contributed by atoms with Crippen molar-refractivity contribution in [1.82, 2.24) is 4.90 Å². The number of phenols is 1. The van der Waals surface area contributed by atoms with Crippen molar-refractivity contribution in [3.8, 4) is 11.5 Å². The SMILES string of the molecule is CCOc1cc(CN(C)C(=O)CCl)cc(Cl)c1O. The van der Waals surface area contributed by atoms with Gasteiger partial charge in [0.15, 0.2) is 11.5 Å². The van der Waals surface area contributed by atoms with E-state index in [0.29, 0.717) is 18.9 Å². The number of hydrogen-bond acceptors (Lipinski definition) is 3. The molecule has 0 saturated heterocycles. The summed E-state index contributed by atoms with van der Waals surface area (Å²) in [7, 11) is 1.64. The van der Waals surface area contributed by atoms with Gasteiger partial charge < -0.3 is 14.7 Å². The number of nitrogens with zero attached hydrogens (tertiary/aromatic N) is 1. The van der Waals surface area contributed by atoms with Gasteiger partial charge in [0.25, 0.3) is 0 Å². The maximum absolute atomic E-state index is 11.4. The smallest absolute Gasteiger partial charge is 0.237 e. The normalized spacial score (nSPS) is 10.2. The summed E-state index contributed by atoms with van der Waals surface area (Å²) in [6.45, 7) is 2.58. The molecule has 18 heavy (non-hydrogen) atoms. The van der Waals surface area contributed by atoms with Crippen LogP contribution in [0, 0.1) is 0 Å². The summed E-state index contributed by atoms with van der Waals surface area (Å²) in [5.74, 6) is -0.0279. The number of carbonyl (C=O) groups excluding carboxylic acids is 1. The molecule has 1 rings (SSSR count). The largest absolute Gasteiger partial charge is 0.503 e. The van der Waals surface area contributed by atoms with Crippen LogP contribution in [0.15, 0.2) is 12.1 Å². The van der Waals surface area contributed by atoms with Crippen molar-refractivity contribution < 1.29 is 14.6 Å². The van der Waals surface area contributed by atoms with Gasteiger partial charge in [-0.1, -0.05) is 11.6 Å². The maximum Gasteiger partial charge on any atom is 0.237 e. The predicted octanol–water partition coefficient (Wildman–Crippen LogP) is 2.64. The fourth-order valence-electron chi connectivity index (χ4n) is 1.45. The fourth-order valence-corrected chi connectivity index (χ4v) is 1.89. The van der Waals surface area contributed by atoms with Gasteiger partial charge in [-0.25, -0.2) is 0 Å². The highest BCUT2D eigenvalue weighted by Crippen LogP contribution is 2.35. The molecule has 0 fully saturated rings. The second-order valence-corrected chi connectivity index (χ2v) is 4.42. The molecule has 0 spiro atoms. The molecule has 0 radical (unpaired) electrons. The maximum atomic E-state index is 11.4. The van der Waals surface area contributed by atoms with Crippen LogP contribution < -0.4 is 4.74 Å². The lowest BCUT2D eigenvalue weighted by Crippen LogP contribution is -2.27. The Morgan fingerprint density at radius 2 is 2.17 bits per heavy atom. The number of amides is 1. The minimum absolute atomic E-state index is 0.0688. The Kier molecular flexibility index (Phi) is 5.56. The highest BCUT2D eigenvalue weighted by atomic mass is 35.5. The molecule has 0 aliphatic carbocycles. The van der Waals surface area contributed by atoms with E-state index in [9.17, 15) is 9.90 Å². The average molecular weight is 292 g/mol. The first-order valence-corrected chi connectivity index (χ1v) is 6.35. The van der Waals surface area contributed by atoms with E-state index in [-0.39, 0.29) is 22.6 Å². The third kappa shape index (κ3) is 3.68. The Hall–Kier alpha value is -1.13. The molecule has 0 heterocycles. The van der Waals surface area contributed by atoms with Gasteiger partial charge in [-0.3, -0.25) is 4.79 Å². The molecule has 100 valence electrons. The molecule has 1 N–H and O–H groups in total.